The summed E-state index contributed by atoms with van der Waals surface area (Å²) in [5.41, 5.74) is 0.494. The summed E-state index contributed by atoms with van der Waals surface area (Å²) in [6.45, 7) is 2.70. The lowest BCUT2D eigenvalue weighted by molar-refractivity contribution is 0.0693. The second kappa shape index (κ2) is 9.10. The average Bonchev–Trinajstić information content (AvgIpc) is 2.73. The van der Waals surface area contributed by atoms with Gasteiger partial charge in [0.05, 0.1) is 26.8 Å². The molecule has 0 spiro atoms. The third kappa shape index (κ3) is 4.47. The van der Waals surface area contributed by atoms with Crippen LogP contribution in [-0.2, 0) is 10.8 Å². The van der Waals surface area contributed by atoms with E-state index in [1.165, 1.54) is 12.1 Å². The fourth-order valence-electron chi connectivity index (χ4n) is 3.30. The second-order valence-electron chi connectivity index (χ2n) is 6.65. The Kier molecular flexibility index (Phi) is 6.57. The van der Waals surface area contributed by atoms with E-state index in [9.17, 15) is 18.2 Å². The molecule has 0 bridgehead atoms. The smallest absolute Gasteiger partial charge is 0.256 e. The van der Waals surface area contributed by atoms with Crippen LogP contribution in [0, 0.1) is 5.82 Å². The van der Waals surface area contributed by atoms with Crippen LogP contribution in [0.2, 0.25) is 0 Å². The SMILES string of the molecule is CCS(=O)c1ccccc1C(=O)NC1CCN(C(=O)c2ccccc2F)CC1. The second-order valence-corrected chi connectivity index (χ2v) is 8.36. The Balaban J connectivity index is 1.61. The summed E-state index contributed by atoms with van der Waals surface area (Å²) in [6.07, 6.45) is 1.18. The van der Waals surface area contributed by atoms with Crippen molar-refractivity contribution in [3.05, 3.63) is 65.5 Å². The Hall–Kier alpha value is -2.54. The summed E-state index contributed by atoms with van der Waals surface area (Å²) in [7, 11) is -1.21. The van der Waals surface area contributed by atoms with Crippen LogP contribution in [-0.4, -0.2) is 45.8 Å². The number of nitrogens with one attached hydrogen (secondary N) is 1. The molecule has 1 atom stereocenters. The van der Waals surface area contributed by atoms with E-state index in [-0.39, 0.29) is 23.4 Å². The minimum Gasteiger partial charge on any atom is -0.349 e. The van der Waals surface area contributed by atoms with Crippen LogP contribution in [0.25, 0.3) is 0 Å². The molecule has 1 fully saturated rings. The normalized spacial score (nSPS) is 15.9. The van der Waals surface area contributed by atoms with Gasteiger partial charge in [-0.2, -0.15) is 0 Å². The number of halogens is 1. The maximum absolute atomic E-state index is 13.8. The van der Waals surface area contributed by atoms with Crippen molar-refractivity contribution < 1.29 is 18.2 Å². The van der Waals surface area contributed by atoms with Gasteiger partial charge in [-0.3, -0.25) is 13.8 Å². The zero-order valence-electron chi connectivity index (χ0n) is 15.7. The van der Waals surface area contributed by atoms with Gasteiger partial charge >= 0.3 is 0 Å². The van der Waals surface area contributed by atoms with E-state index < -0.39 is 16.6 Å². The summed E-state index contributed by atoms with van der Waals surface area (Å²) in [6, 6.07) is 12.8. The van der Waals surface area contributed by atoms with Gasteiger partial charge < -0.3 is 10.2 Å². The number of nitrogens with zero attached hydrogens (tertiary/aromatic N) is 1. The molecule has 148 valence electrons. The van der Waals surface area contributed by atoms with Crippen molar-refractivity contribution in [1.29, 1.82) is 0 Å². The highest BCUT2D eigenvalue weighted by atomic mass is 32.2. The first-order valence-corrected chi connectivity index (χ1v) is 10.6. The lowest BCUT2D eigenvalue weighted by Crippen LogP contribution is -2.46. The molecule has 1 N–H and O–H groups in total. The Bertz CT molecular complexity index is 895. The van der Waals surface area contributed by atoms with Crippen molar-refractivity contribution >= 4 is 22.6 Å². The number of hydrogen-bond acceptors (Lipinski definition) is 3. The van der Waals surface area contributed by atoms with Gasteiger partial charge in [-0.25, -0.2) is 4.39 Å². The lowest BCUT2D eigenvalue weighted by Gasteiger charge is -2.32. The maximum Gasteiger partial charge on any atom is 0.256 e. The molecule has 1 heterocycles. The summed E-state index contributed by atoms with van der Waals surface area (Å²) >= 11 is 0. The third-order valence-electron chi connectivity index (χ3n) is 4.86. The number of benzene rings is 2. The van der Waals surface area contributed by atoms with E-state index in [2.05, 4.69) is 5.32 Å². The van der Waals surface area contributed by atoms with Crippen molar-refractivity contribution in [2.24, 2.45) is 0 Å². The number of rotatable bonds is 5. The molecule has 0 saturated carbocycles. The highest BCUT2D eigenvalue weighted by Crippen LogP contribution is 2.18. The maximum atomic E-state index is 13.8. The zero-order chi connectivity index (χ0) is 20.1. The monoisotopic (exact) mass is 402 g/mol. The summed E-state index contributed by atoms with van der Waals surface area (Å²) < 4.78 is 26.0. The van der Waals surface area contributed by atoms with Gasteiger partial charge in [-0.15, -0.1) is 0 Å². The van der Waals surface area contributed by atoms with Crippen molar-refractivity contribution in [1.82, 2.24) is 10.2 Å². The topological polar surface area (TPSA) is 66.5 Å². The summed E-state index contributed by atoms with van der Waals surface area (Å²) in [4.78, 5) is 27.3. The Labute approximate surface area is 166 Å². The quantitative estimate of drug-likeness (QED) is 0.836. The van der Waals surface area contributed by atoms with E-state index in [0.29, 0.717) is 42.1 Å². The molecule has 5 nitrogen and oxygen atoms in total. The Morgan fingerprint density at radius 1 is 1.07 bits per heavy atom. The average molecular weight is 402 g/mol. The molecule has 0 aliphatic carbocycles. The molecule has 1 saturated heterocycles. The minimum absolute atomic E-state index is 0.0703. The minimum atomic E-state index is -1.21. The molecule has 2 amide bonds. The van der Waals surface area contributed by atoms with Crippen LogP contribution in [0.1, 0.15) is 40.5 Å². The van der Waals surface area contributed by atoms with Gasteiger partial charge in [-0.05, 0) is 37.1 Å². The predicted octanol–water partition coefficient (Wildman–Crippen LogP) is 2.99. The molecule has 3 rings (SSSR count). The van der Waals surface area contributed by atoms with E-state index in [1.807, 2.05) is 6.92 Å². The van der Waals surface area contributed by atoms with Crippen molar-refractivity contribution in [2.75, 3.05) is 18.8 Å². The molecule has 1 aliphatic heterocycles. The van der Waals surface area contributed by atoms with Crippen molar-refractivity contribution in [3.8, 4) is 0 Å². The van der Waals surface area contributed by atoms with Crippen LogP contribution in [0.5, 0.6) is 0 Å². The van der Waals surface area contributed by atoms with Gasteiger partial charge in [0.15, 0.2) is 0 Å². The van der Waals surface area contributed by atoms with Crippen LogP contribution >= 0.6 is 0 Å². The van der Waals surface area contributed by atoms with Gasteiger partial charge in [0.1, 0.15) is 5.82 Å². The van der Waals surface area contributed by atoms with Gasteiger partial charge in [-0.1, -0.05) is 31.2 Å². The number of piperidine rings is 1. The molecule has 7 heteroatoms. The number of amides is 2. The highest BCUT2D eigenvalue weighted by molar-refractivity contribution is 7.85. The van der Waals surface area contributed by atoms with E-state index in [4.69, 9.17) is 0 Å². The van der Waals surface area contributed by atoms with E-state index in [0.717, 1.165) is 0 Å². The molecule has 0 radical (unpaired) electrons. The van der Waals surface area contributed by atoms with E-state index >= 15 is 0 Å². The number of carbonyl (C=O) groups is 2. The molecule has 1 unspecified atom stereocenters. The number of carbonyl (C=O) groups excluding carboxylic acids is 2. The van der Waals surface area contributed by atoms with Gasteiger partial charge in [0.2, 0.25) is 0 Å². The standard InChI is InChI=1S/C21H23FN2O3S/c1-2-28(27)19-10-6-4-8-17(19)20(25)23-15-11-13-24(14-12-15)21(26)16-7-3-5-9-18(16)22/h3-10,15H,2,11-14H2,1H3,(H,23,25). The van der Waals surface area contributed by atoms with Gasteiger partial charge in [0.25, 0.3) is 11.8 Å². The summed E-state index contributed by atoms with van der Waals surface area (Å²) in [5, 5.41) is 2.98. The molecule has 1 aliphatic rings. The lowest BCUT2D eigenvalue weighted by atomic mass is 10.0. The van der Waals surface area contributed by atoms with Gasteiger partial charge in [0, 0.05) is 24.9 Å². The zero-order valence-corrected chi connectivity index (χ0v) is 16.5. The van der Waals surface area contributed by atoms with Crippen LogP contribution in [0.4, 0.5) is 4.39 Å². The first-order valence-electron chi connectivity index (χ1n) is 9.33. The first-order chi connectivity index (χ1) is 13.5. The van der Waals surface area contributed by atoms with Crippen molar-refractivity contribution in [3.63, 3.8) is 0 Å². The molecular formula is C21H23FN2O3S. The number of likely N-dealkylation sites (tertiary alicyclic amines) is 1. The van der Waals surface area contributed by atoms with Crippen LogP contribution < -0.4 is 5.32 Å². The Morgan fingerprint density at radius 2 is 1.68 bits per heavy atom. The number of hydrogen-bond donors (Lipinski definition) is 1. The molecule has 0 aromatic heterocycles. The molecule has 28 heavy (non-hydrogen) atoms. The van der Waals surface area contributed by atoms with Crippen LogP contribution in [0.15, 0.2) is 53.4 Å². The predicted molar refractivity (Wildman–Crippen MR) is 106 cm³/mol. The fourth-order valence-corrected chi connectivity index (χ4v) is 4.25. The van der Waals surface area contributed by atoms with Crippen molar-refractivity contribution in [2.45, 2.75) is 30.7 Å². The van der Waals surface area contributed by atoms with Crippen LogP contribution in [0.3, 0.4) is 0 Å². The molecular weight excluding hydrogens is 379 g/mol. The summed E-state index contributed by atoms with van der Waals surface area (Å²) in [5.74, 6) is -0.660. The highest BCUT2D eigenvalue weighted by Gasteiger charge is 2.26. The third-order valence-corrected chi connectivity index (χ3v) is 6.23. The fraction of sp³-hybridized carbons (Fsp3) is 0.333. The molecule has 2 aromatic rings. The Morgan fingerprint density at radius 3 is 2.32 bits per heavy atom. The first kappa shape index (κ1) is 20.2. The van der Waals surface area contributed by atoms with E-state index in [1.54, 1.807) is 41.3 Å². The molecule has 2 aromatic carbocycles. The largest absolute Gasteiger partial charge is 0.349 e.